The molecule has 0 saturated heterocycles. The summed E-state index contributed by atoms with van der Waals surface area (Å²) >= 11 is 0. The molecule has 0 atom stereocenters. The van der Waals surface area contributed by atoms with Crippen LogP contribution >= 0.6 is 0 Å². The number of anilines is 6. The first-order valence-corrected chi connectivity index (χ1v) is 32.2. The van der Waals surface area contributed by atoms with Crippen molar-refractivity contribution in [2.45, 2.75) is 105 Å². The number of benzene rings is 11. The maximum Gasteiger partial charge on any atom is 0.252 e. The van der Waals surface area contributed by atoms with Crippen molar-refractivity contribution in [3.63, 3.8) is 0 Å². The molecule has 6 heteroatoms. The summed E-state index contributed by atoms with van der Waals surface area (Å²) in [4.78, 5) is 21.1. The predicted molar refractivity (Wildman–Crippen MR) is 387 cm³/mol. The van der Waals surface area contributed by atoms with E-state index in [1.807, 2.05) is 36.4 Å². The minimum atomic E-state index is -0.196. The van der Waals surface area contributed by atoms with E-state index in [0.29, 0.717) is 17.5 Å². The van der Waals surface area contributed by atoms with E-state index in [4.69, 9.17) is 15.0 Å². The van der Waals surface area contributed by atoms with E-state index in [1.165, 1.54) is 72.0 Å². The van der Waals surface area contributed by atoms with Gasteiger partial charge in [0.25, 0.3) is 6.71 Å². The molecule has 0 unspecified atom stereocenters. The van der Waals surface area contributed by atoms with Gasteiger partial charge in [0.05, 0.1) is 0 Å². The van der Waals surface area contributed by atoms with Crippen LogP contribution in [0.4, 0.5) is 34.1 Å². The lowest BCUT2D eigenvalue weighted by Crippen LogP contribution is -2.61. The van der Waals surface area contributed by atoms with E-state index in [9.17, 15) is 0 Å². The van der Waals surface area contributed by atoms with Crippen molar-refractivity contribution in [1.82, 2.24) is 15.0 Å². The predicted octanol–water partition coefficient (Wildman–Crippen LogP) is 20.8. The number of aromatic nitrogens is 3. The minimum Gasteiger partial charge on any atom is -0.311 e. The van der Waals surface area contributed by atoms with Crippen LogP contribution in [0.5, 0.6) is 0 Å². The normalized spacial score (nSPS) is 13.0. The Morgan fingerprint density at radius 1 is 0.242 bits per heavy atom. The second-order valence-electron chi connectivity index (χ2n) is 29.0. The number of rotatable bonds is 9. The van der Waals surface area contributed by atoms with Crippen LogP contribution in [0.1, 0.15) is 105 Å². The maximum atomic E-state index is 5.45. The zero-order chi connectivity index (χ0) is 63.1. The standard InChI is InChI=1S/C85H78BN5/c1-82(2,3)66-37-23-55(24-38-66)57-31-45-70(46-32-57)90-74-49-35-63(59-27-41-68(42-28-59)84(7,8)9)51-72(74)86-73-52-64(60-29-43-69(44-30-60)85(10,11)12)36-50-75(73)91(71-47-33-58(34-48-71)56-25-39-67(40-26-56)83(4,5)6)77-54-65(53-76(90)78(77)86)81-88-79(61-19-15-13-16-20-61)87-80(89-81)62-21-17-14-18-22-62/h13-54H,1-12H3. The molecule has 0 N–H and O–H groups in total. The fourth-order valence-corrected chi connectivity index (χ4v) is 13.2. The number of nitrogens with zero attached hydrogens (tertiary/aromatic N) is 5. The van der Waals surface area contributed by atoms with Crippen LogP contribution in [0.15, 0.2) is 255 Å². The van der Waals surface area contributed by atoms with Gasteiger partial charge in [-0.25, -0.2) is 15.0 Å². The zero-order valence-corrected chi connectivity index (χ0v) is 54.6. The molecule has 14 rings (SSSR count). The first-order valence-electron chi connectivity index (χ1n) is 32.2. The monoisotopic (exact) mass is 1180 g/mol. The number of fused-ring (bicyclic) bond motifs is 4. The molecule has 91 heavy (non-hydrogen) atoms. The smallest absolute Gasteiger partial charge is 0.252 e. The molecule has 1 aromatic heterocycles. The molecule has 2 aliphatic rings. The van der Waals surface area contributed by atoms with Crippen molar-refractivity contribution in [3.05, 3.63) is 277 Å². The Hall–Kier alpha value is -9.91. The molecule has 446 valence electrons. The van der Waals surface area contributed by atoms with Gasteiger partial charge < -0.3 is 9.80 Å². The van der Waals surface area contributed by atoms with Crippen LogP contribution in [-0.4, -0.2) is 21.7 Å². The molecule has 0 radical (unpaired) electrons. The van der Waals surface area contributed by atoms with Gasteiger partial charge in [-0.05, 0) is 153 Å². The van der Waals surface area contributed by atoms with E-state index >= 15 is 0 Å². The first-order chi connectivity index (χ1) is 43.6. The highest BCUT2D eigenvalue weighted by molar-refractivity contribution is 7.00. The van der Waals surface area contributed by atoms with Gasteiger partial charge in [0.15, 0.2) is 17.5 Å². The van der Waals surface area contributed by atoms with Gasteiger partial charge >= 0.3 is 0 Å². The van der Waals surface area contributed by atoms with Crippen molar-refractivity contribution in [3.8, 4) is 78.7 Å². The van der Waals surface area contributed by atoms with Gasteiger partial charge in [-0.3, -0.25) is 0 Å². The first kappa shape index (κ1) is 58.8. The lowest BCUT2D eigenvalue weighted by atomic mass is 9.33. The third kappa shape index (κ3) is 11.3. The largest absolute Gasteiger partial charge is 0.311 e. The molecule has 12 aromatic rings. The number of hydrogen-bond donors (Lipinski definition) is 0. The van der Waals surface area contributed by atoms with Gasteiger partial charge in [0, 0.05) is 50.8 Å². The van der Waals surface area contributed by atoms with Gasteiger partial charge in [-0.1, -0.05) is 289 Å². The van der Waals surface area contributed by atoms with E-state index in [0.717, 1.165) is 61.9 Å². The Bertz CT molecular complexity index is 4370. The summed E-state index contributed by atoms with van der Waals surface area (Å²) in [6.45, 7) is 27.1. The van der Waals surface area contributed by atoms with Crippen molar-refractivity contribution in [2.75, 3.05) is 9.80 Å². The molecule has 5 nitrogen and oxygen atoms in total. The fourth-order valence-electron chi connectivity index (χ4n) is 13.2. The van der Waals surface area contributed by atoms with Gasteiger partial charge in [-0.15, -0.1) is 0 Å². The van der Waals surface area contributed by atoms with Crippen LogP contribution in [0.2, 0.25) is 0 Å². The van der Waals surface area contributed by atoms with Crippen molar-refractivity contribution < 1.29 is 0 Å². The SMILES string of the molecule is CC(C)(C)c1ccc(-c2ccc(N3c4ccc(-c5ccc(C(C)(C)C)cc5)cc4B4c5cc(-c6ccc(C(C)(C)C)cc6)ccc5N(c5ccc(-c6ccc(C(C)(C)C)cc6)cc5)c5cc(-c6nc(-c7ccccc7)nc(-c7ccccc7)n6)cc3c54)cc2)cc1. The molecule has 0 saturated carbocycles. The fraction of sp³-hybridized carbons (Fsp3) is 0.188. The van der Waals surface area contributed by atoms with E-state index < -0.39 is 0 Å². The quantitative estimate of drug-likeness (QED) is 0.135. The highest BCUT2D eigenvalue weighted by atomic mass is 15.2. The second-order valence-corrected chi connectivity index (χ2v) is 29.0. The summed E-state index contributed by atoms with van der Waals surface area (Å²) in [6, 6.07) is 94.6. The Morgan fingerprint density at radius 2 is 0.505 bits per heavy atom. The van der Waals surface area contributed by atoms with E-state index in [-0.39, 0.29) is 28.4 Å². The summed E-state index contributed by atoms with van der Waals surface area (Å²) in [7, 11) is 0. The van der Waals surface area contributed by atoms with E-state index in [2.05, 4.69) is 311 Å². The lowest BCUT2D eigenvalue weighted by molar-refractivity contribution is 0.590. The van der Waals surface area contributed by atoms with Gasteiger partial charge in [0.2, 0.25) is 0 Å². The average Bonchev–Trinajstić information content (AvgIpc) is 0.697. The molecular weight excluding hydrogens is 1100 g/mol. The summed E-state index contributed by atoms with van der Waals surface area (Å²) in [6.07, 6.45) is 0. The lowest BCUT2D eigenvalue weighted by Gasteiger charge is -2.44. The third-order valence-corrected chi connectivity index (χ3v) is 18.6. The van der Waals surface area contributed by atoms with Crippen LogP contribution in [-0.2, 0) is 21.7 Å². The topological polar surface area (TPSA) is 45.2 Å². The van der Waals surface area contributed by atoms with E-state index in [1.54, 1.807) is 0 Å². The minimum absolute atomic E-state index is 0.0211. The third-order valence-electron chi connectivity index (χ3n) is 18.6. The highest BCUT2D eigenvalue weighted by Crippen LogP contribution is 2.48. The maximum absolute atomic E-state index is 5.45. The average molecular weight is 1180 g/mol. The van der Waals surface area contributed by atoms with Crippen molar-refractivity contribution in [2.24, 2.45) is 0 Å². The van der Waals surface area contributed by atoms with Crippen LogP contribution in [0.25, 0.3) is 78.7 Å². The zero-order valence-electron chi connectivity index (χ0n) is 54.6. The molecule has 0 spiro atoms. The van der Waals surface area contributed by atoms with Crippen LogP contribution < -0.4 is 26.2 Å². The van der Waals surface area contributed by atoms with Crippen LogP contribution in [0, 0.1) is 0 Å². The Kier molecular flexibility index (Phi) is 14.6. The Balaban J connectivity index is 1.05. The second kappa shape index (κ2) is 22.5. The molecule has 0 fully saturated rings. The molecule has 0 bridgehead atoms. The summed E-state index contributed by atoms with van der Waals surface area (Å²) < 4.78 is 0. The molecule has 2 aliphatic heterocycles. The molecule has 0 aliphatic carbocycles. The molecule has 0 amide bonds. The van der Waals surface area contributed by atoms with Crippen LogP contribution in [0.3, 0.4) is 0 Å². The Morgan fingerprint density at radius 3 is 0.802 bits per heavy atom. The molecule has 11 aromatic carbocycles. The summed E-state index contributed by atoms with van der Waals surface area (Å²) in [5.74, 6) is 1.81. The molecule has 3 heterocycles. The van der Waals surface area contributed by atoms with Crippen molar-refractivity contribution in [1.29, 1.82) is 0 Å². The highest BCUT2D eigenvalue weighted by Gasteiger charge is 2.44. The van der Waals surface area contributed by atoms with Crippen molar-refractivity contribution >= 4 is 57.2 Å². The summed E-state index contributed by atoms with van der Waals surface area (Å²) in [5.41, 5.74) is 27.6. The molecular formula is C85H78BN5. The Labute approximate surface area is 539 Å². The van der Waals surface area contributed by atoms with Gasteiger partial charge in [0.1, 0.15) is 0 Å². The number of hydrogen-bond acceptors (Lipinski definition) is 5. The van der Waals surface area contributed by atoms with Gasteiger partial charge in [-0.2, -0.15) is 0 Å². The summed E-state index contributed by atoms with van der Waals surface area (Å²) in [5, 5.41) is 0.